The average Bonchev–Trinajstić information content (AvgIpc) is 3.11. The van der Waals surface area contributed by atoms with Gasteiger partial charge in [0.15, 0.2) is 5.69 Å². The topological polar surface area (TPSA) is 97.1 Å². The number of carbonyl (C=O) groups excluding carboxylic acids is 1. The zero-order chi connectivity index (χ0) is 17.9. The molecule has 0 bridgehead atoms. The molecule has 7 heteroatoms. The predicted molar refractivity (Wildman–Crippen MR) is 91.6 cm³/mol. The minimum Gasteiger partial charge on any atom is -0.481 e. The van der Waals surface area contributed by atoms with Crippen LogP contribution >= 0.6 is 0 Å². The molecular formula is C18H22N4O3. The van der Waals surface area contributed by atoms with Crippen molar-refractivity contribution in [1.29, 1.82) is 0 Å². The van der Waals surface area contributed by atoms with E-state index in [9.17, 15) is 14.7 Å². The summed E-state index contributed by atoms with van der Waals surface area (Å²) in [6.45, 7) is 2.12. The molecule has 132 valence electrons. The first-order valence-electron chi connectivity index (χ1n) is 8.51. The number of aromatic nitrogens is 3. The first-order chi connectivity index (χ1) is 12.0. The van der Waals surface area contributed by atoms with Crippen molar-refractivity contribution >= 4 is 11.9 Å². The number of benzene rings is 1. The van der Waals surface area contributed by atoms with Crippen molar-refractivity contribution < 1.29 is 14.7 Å². The van der Waals surface area contributed by atoms with Crippen molar-refractivity contribution in [1.82, 2.24) is 20.3 Å². The van der Waals surface area contributed by atoms with Crippen molar-refractivity contribution in [3.63, 3.8) is 0 Å². The Bertz CT molecular complexity index is 761. The van der Waals surface area contributed by atoms with Gasteiger partial charge in [-0.15, -0.1) is 5.10 Å². The van der Waals surface area contributed by atoms with Crippen LogP contribution in [0.25, 0.3) is 5.69 Å². The quantitative estimate of drug-likeness (QED) is 0.869. The molecule has 1 saturated carbocycles. The molecule has 1 fully saturated rings. The molecule has 25 heavy (non-hydrogen) atoms. The Morgan fingerprint density at radius 1 is 1.20 bits per heavy atom. The fourth-order valence-electron chi connectivity index (χ4n) is 3.23. The summed E-state index contributed by atoms with van der Waals surface area (Å²) in [4.78, 5) is 24.0. The zero-order valence-electron chi connectivity index (χ0n) is 14.2. The van der Waals surface area contributed by atoms with Crippen LogP contribution in [0.3, 0.4) is 0 Å². The number of hydrogen-bond acceptors (Lipinski definition) is 4. The fourth-order valence-corrected chi connectivity index (χ4v) is 3.23. The molecule has 0 radical (unpaired) electrons. The van der Waals surface area contributed by atoms with Crippen molar-refractivity contribution in [3.05, 3.63) is 41.7 Å². The molecule has 1 heterocycles. The van der Waals surface area contributed by atoms with Gasteiger partial charge in [-0.25, -0.2) is 4.68 Å². The first kappa shape index (κ1) is 17.1. The lowest BCUT2D eigenvalue weighted by atomic mass is 9.74. The Morgan fingerprint density at radius 3 is 2.52 bits per heavy atom. The summed E-state index contributed by atoms with van der Waals surface area (Å²) in [6, 6.07) is 7.70. The maximum absolute atomic E-state index is 12.3. The number of aliphatic carboxylic acids is 1. The number of nitrogens with one attached hydrogen (secondary N) is 1. The maximum atomic E-state index is 12.3. The van der Waals surface area contributed by atoms with Crippen LogP contribution in [-0.2, 0) is 4.79 Å². The van der Waals surface area contributed by atoms with E-state index in [1.807, 2.05) is 31.2 Å². The molecular weight excluding hydrogens is 320 g/mol. The lowest BCUT2D eigenvalue weighted by Gasteiger charge is -2.33. The van der Waals surface area contributed by atoms with Gasteiger partial charge in [-0.1, -0.05) is 42.2 Å². The lowest BCUT2D eigenvalue weighted by molar-refractivity contribution is -0.150. The Kier molecular flexibility index (Phi) is 4.83. The minimum absolute atomic E-state index is 0.124. The third kappa shape index (κ3) is 3.70. The SMILES string of the molecule is Cc1ccc(-n2cc(C(=O)NCC3(C(=O)O)CCCCC3)nn2)cc1. The first-order valence-corrected chi connectivity index (χ1v) is 8.51. The van der Waals surface area contributed by atoms with Crippen LogP contribution in [0.1, 0.15) is 48.2 Å². The molecule has 1 aromatic carbocycles. The van der Waals surface area contributed by atoms with Gasteiger partial charge in [-0.2, -0.15) is 0 Å². The number of aryl methyl sites for hydroxylation is 1. The number of hydrogen-bond donors (Lipinski definition) is 2. The van der Waals surface area contributed by atoms with Gasteiger partial charge in [0.1, 0.15) is 0 Å². The fraction of sp³-hybridized carbons (Fsp3) is 0.444. The van der Waals surface area contributed by atoms with Gasteiger partial charge in [0, 0.05) is 6.54 Å². The van der Waals surface area contributed by atoms with E-state index in [4.69, 9.17) is 0 Å². The molecule has 1 aliphatic carbocycles. The molecule has 3 rings (SSSR count). The van der Waals surface area contributed by atoms with E-state index in [1.54, 1.807) is 6.20 Å². The van der Waals surface area contributed by atoms with E-state index in [2.05, 4.69) is 15.6 Å². The highest BCUT2D eigenvalue weighted by atomic mass is 16.4. The van der Waals surface area contributed by atoms with Crippen molar-refractivity contribution in [2.24, 2.45) is 5.41 Å². The minimum atomic E-state index is -0.860. The molecule has 1 aliphatic rings. The number of carboxylic acids is 1. The number of amides is 1. The van der Waals surface area contributed by atoms with Crippen LogP contribution < -0.4 is 5.32 Å². The summed E-state index contributed by atoms with van der Waals surface area (Å²) in [6.07, 6.45) is 5.55. The number of carbonyl (C=O) groups is 2. The highest BCUT2D eigenvalue weighted by Crippen LogP contribution is 2.36. The van der Waals surface area contributed by atoms with Crippen LogP contribution in [0, 0.1) is 12.3 Å². The standard InChI is InChI=1S/C18H22N4O3/c1-13-5-7-14(8-6-13)22-11-15(20-21-22)16(23)19-12-18(17(24)25)9-3-2-4-10-18/h5-8,11H,2-4,9-10,12H2,1H3,(H,19,23)(H,24,25). The molecule has 0 aliphatic heterocycles. The van der Waals surface area contributed by atoms with Crippen LogP contribution in [-0.4, -0.2) is 38.5 Å². The maximum Gasteiger partial charge on any atom is 0.311 e. The van der Waals surface area contributed by atoms with Gasteiger partial charge < -0.3 is 10.4 Å². The highest BCUT2D eigenvalue weighted by molar-refractivity contribution is 5.92. The smallest absolute Gasteiger partial charge is 0.311 e. The number of rotatable bonds is 5. The van der Waals surface area contributed by atoms with Crippen molar-refractivity contribution in [2.45, 2.75) is 39.0 Å². The largest absolute Gasteiger partial charge is 0.481 e. The lowest BCUT2D eigenvalue weighted by Crippen LogP contribution is -2.44. The van der Waals surface area contributed by atoms with E-state index in [1.165, 1.54) is 4.68 Å². The van der Waals surface area contributed by atoms with Crippen LogP contribution in [0.2, 0.25) is 0 Å². The van der Waals surface area contributed by atoms with E-state index in [0.29, 0.717) is 12.8 Å². The van der Waals surface area contributed by atoms with E-state index in [0.717, 1.165) is 30.5 Å². The number of nitrogens with zero attached hydrogens (tertiary/aromatic N) is 3. The Balaban J connectivity index is 1.67. The normalized spacial score (nSPS) is 16.4. The molecule has 1 aromatic heterocycles. The van der Waals surface area contributed by atoms with E-state index < -0.39 is 17.3 Å². The summed E-state index contributed by atoms with van der Waals surface area (Å²) in [5, 5.41) is 20.2. The van der Waals surface area contributed by atoms with E-state index in [-0.39, 0.29) is 12.2 Å². The second-order valence-electron chi connectivity index (χ2n) is 6.71. The third-order valence-electron chi connectivity index (χ3n) is 4.88. The monoisotopic (exact) mass is 342 g/mol. The zero-order valence-corrected chi connectivity index (χ0v) is 14.2. The van der Waals surface area contributed by atoms with Crippen molar-refractivity contribution in [3.8, 4) is 5.69 Å². The van der Waals surface area contributed by atoms with Gasteiger partial charge in [-0.05, 0) is 31.9 Å². The van der Waals surface area contributed by atoms with Gasteiger partial charge in [0.2, 0.25) is 0 Å². The van der Waals surface area contributed by atoms with Crippen LogP contribution in [0.5, 0.6) is 0 Å². The Labute approximate surface area is 146 Å². The molecule has 2 aromatic rings. The molecule has 0 unspecified atom stereocenters. The summed E-state index contributed by atoms with van der Waals surface area (Å²) < 4.78 is 1.53. The van der Waals surface area contributed by atoms with Gasteiger partial charge in [0.25, 0.3) is 5.91 Å². The average molecular weight is 342 g/mol. The highest BCUT2D eigenvalue weighted by Gasteiger charge is 2.39. The second-order valence-corrected chi connectivity index (χ2v) is 6.71. The van der Waals surface area contributed by atoms with Gasteiger partial charge in [0.05, 0.1) is 17.3 Å². The molecule has 0 spiro atoms. The molecule has 1 amide bonds. The summed E-state index contributed by atoms with van der Waals surface area (Å²) in [5.74, 6) is -1.24. The summed E-state index contributed by atoms with van der Waals surface area (Å²) in [7, 11) is 0. The predicted octanol–water partition coefficient (Wildman–Crippen LogP) is 2.34. The Morgan fingerprint density at radius 2 is 1.88 bits per heavy atom. The molecule has 0 atom stereocenters. The molecule has 7 nitrogen and oxygen atoms in total. The van der Waals surface area contributed by atoms with Gasteiger partial charge in [-0.3, -0.25) is 9.59 Å². The second kappa shape index (κ2) is 7.04. The molecule has 2 N–H and O–H groups in total. The third-order valence-corrected chi connectivity index (χ3v) is 4.88. The Hall–Kier alpha value is -2.70. The van der Waals surface area contributed by atoms with E-state index >= 15 is 0 Å². The van der Waals surface area contributed by atoms with Gasteiger partial charge >= 0.3 is 5.97 Å². The summed E-state index contributed by atoms with van der Waals surface area (Å²) in [5.41, 5.74) is 1.26. The van der Waals surface area contributed by atoms with Crippen molar-refractivity contribution in [2.75, 3.05) is 6.54 Å². The number of carboxylic acid groups (broad SMARTS) is 1. The van der Waals surface area contributed by atoms with Crippen LogP contribution in [0.4, 0.5) is 0 Å². The van der Waals surface area contributed by atoms with Crippen LogP contribution in [0.15, 0.2) is 30.5 Å². The molecule has 0 saturated heterocycles. The summed E-state index contributed by atoms with van der Waals surface area (Å²) >= 11 is 0.